The predicted octanol–water partition coefficient (Wildman–Crippen LogP) is 1.13. The van der Waals surface area contributed by atoms with E-state index in [1.807, 2.05) is 18.2 Å². The lowest BCUT2D eigenvalue weighted by molar-refractivity contribution is -0.0225. The van der Waals surface area contributed by atoms with Crippen molar-refractivity contribution in [2.75, 3.05) is 38.7 Å². The van der Waals surface area contributed by atoms with E-state index in [9.17, 15) is 8.42 Å². The Morgan fingerprint density at radius 3 is 2.75 bits per heavy atom. The molecule has 1 aromatic heterocycles. The first-order chi connectivity index (χ1) is 11.6. The van der Waals surface area contributed by atoms with Gasteiger partial charge in [-0.1, -0.05) is 6.07 Å². The first-order valence-electron chi connectivity index (χ1n) is 8.69. The molecule has 0 bridgehead atoms. The molecule has 3 aliphatic rings. The van der Waals surface area contributed by atoms with Crippen LogP contribution in [0.3, 0.4) is 0 Å². The summed E-state index contributed by atoms with van der Waals surface area (Å²) in [5, 5.41) is 0. The van der Waals surface area contributed by atoms with Gasteiger partial charge in [-0.2, -0.15) is 0 Å². The lowest BCUT2D eigenvalue weighted by Crippen LogP contribution is -2.70. The van der Waals surface area contributed by atoms with E-state index < -0.39 is 14.6 Å². The Balaban J connectivity index is 1.43. The maximum Gasteiger partial charge on any atom is 0.213 e. The van der Waals surface area contributed by atoms with Gasteiger partial charge in [0.05, 0.1) is 12.4 Å². The molecular formula is C17H24N2O4S. The molecule has 4 heterocycles. The van der Waals surface area contributed by atoms with Crippen LogP contribution in [0.4, 0.5) is 0 Å². The van der Waals surface area contributed by atoms with E-state index in [2.05, 4.69) is 9.88 Å². The Kier molecular flexibility index (Phi) is 4.26. The first-order valence-corrected chi connectivity index (χ1v) is 10.3. The molecule has 0 amide bonds. The third-order valence-corrected chi connectivity index (χ3v) is 8.42. The lowest BCUT2D eigenvalue weighted by Gasteiger charge is -2.53. The van der Waals surface area contributed by atoms with E-state index in [0.29, 0.717) is 38.0 Å². The molecular weight excluding hydrogens is 328 g/mol. The van der Waals surface area contributed by atoms with E-state index in [1.54, 1.807) is 6.20 Å². The average Bonchev–Trinajstić information content (AvgIpc) is 2.84. The summed E-state index contributed by atoms with van der Waals surface area (Å²) in [6.45, 7) is 3.30. The topological polar surface area (TPSA) is 68.7 Å². The highest BCUT2D eigenvalue weighted by Crippen LogP contribution is 2.46. The maximum absolute atomic E-state index is 12.7. The van der Waals surface area contributed by atoms with Crippen LogP contribution >= 0.6 is 0 Å². The van der Waals surface area contributed by atoms with Gasteiger partial charge in [0, 0.05) is 50.5 Å². The fourth-order valence-electron chi connectivity index (χ4n) is 4.28. The molecule has 4 rings (SSSR count). The summed E-state index contributed by atoms with van der Waals surface area (Å²) in [5.74, 6) is 0.906. The fraction of sp³-hybridized carbons (Fsp3) is 0.706. The van der Waals surface area contributed by atoms with E-state index in [1.165, 1.54) is 0 Å². The summed E-state index contributed by atoms with van der Waals surface area (Å²) in [6.07, 6.45) is 4.39. The normalized spacial score (nSPS) is 29.4. The molecule has 1 aromatic rings. The first kappa shape index (κ1) is 16.3. The van der Waals surface area contributed by atoms with Gasteiger partial charge in [0.1, 0.15) is 4.75 Å². The number of likely N-dealkylation sites (tertiary alicyclic amines) is 1. The van der Waals surface area contributed by atoms with Crippen LogP contribution in [0.1, 0.15) is 19.3 Å². The zero-order valence-corrected chi connectivity index (χ0v) is 14.6. The van der Waals surface area contributed by atoms with Crippen molar-refractivity contribution in [3.8, 4) is 5.88 Å². The SMILES string of the molecule is O=S1(=O)CCC(COc2ccccn2)C12CN(C1CCOCC1)C2. The molecule has 0 saturated carbocycles. The van der Waals surface area contributed by atoms with E-state index in [4.69, 9.17) is 9.47 Å². The van der Waals surface area contributed by atoms with Crippen LogP contribution in [-0.2, 0) is 14.6 Å². The van der Waals surface area contributed by atoms with Gasteiger partial charge in [-0.3, -0.25) is 4.90 Å². The minimum atomic E-state index is -3.05. The summed E-state index contributed by atoms with van der Waals surface area (Å²) in [7, 11) is -3.05. The fourth-order valence-corrected chi connectivity index (χ4v) is 6.70. The van der Waals surface area contributed by atoms with Crippen molar-refractivity contribution in [2.45, 2.75) is 30.1 Å². The Morgan fingerprint density at radius 2 is 2.04 bits per heavy atom. The Bertz CT molecular complexity index is 667. The third kappa shape index (κ3) is 2.72. The smallest absolute Gasteiger partial charge is 0.213 e. The molecule has 3 fully saturated rings. The molecule has 24 heavy (non-hydrogen) atoms. The number of aromatic nitrogens is 1. The largest absolute Gasteiger partial charge is 0.477 e. The van der Waals surface area contributed by atoms with Crippen LogP contribution < -0.4 is 4.74 Å². The second-order valence-electron chi connectivity index (χ2n) is 7.10. The van der Waals surface area contributed by atoms with Crippen LogP contribution in [0.5, 0.6) is 5.88 Å². The number of pyridine rings is 1. The van der Waals surface area contributed by atoms with Crippen LogP contribution in [0.25, 0.3) is 0 Å². The summed E-state index contributed by atoms with van der Waals surface area (Å²) in [4.78, 5) is 6.49. The van der Waals surface area contributed by atoms with Crippen LogP contribution in [0.15, 0.2) is 24.4 Å². The van der Waals surface area contributed by atoms with Crippen LogP contribution in [-0.4, -0.2) is 67.8 Å². The van der Waals surface area contributed by atoms with Crippen molar-refractivity contribution in [3.63, 3.8) is 0 Å². The number of nitrogens with zero attached hydrogens (tertiary/aromatic N) is 2. The van der Waals surface area contributed by atoms with Gasteiger partial charge in [-0.15, -0.1) is 0 Å². The van der Waals surface area contributed by atoms with Crippen molar-refractivity contribution in [3.05, 3.63) is 24.4 Å². The minimum absolute atomic E-state index is 0.0561. The van der Waals surface area contributed by atoms with Gasteiger partial charge in [0.15, 0.2) is 9.84 Å². The highest BCUT2D eigenvalue weighted by Gasteiger charge is 2.62. The van der Waals surface area contributed by atoms with Crippen LogP contribution in [0, 0.1) is 5.92 Å². The quantitative estimate of drug-likeness (QED) is 0.809. The van der Waals surface area contributed by atoms with Gasteiger partial charge in [0.25, 0.3) is 0 Å². The maximum atomic E-state index is 12.7. The van der Waals surface area contributed by atoms with Crippen molar-refractivity contribution in [2.24, 2.45) is 5.92 Å². The number of ether oxygens (including phenoxy) is 2. The lowest BCUT2D eigenvalue weighted by atomic mass is 9.82. The molecule has 0 aliphatic carbocycles. The molecule has 1 unspecified atom stereocenters. The minimum Gasteiger partial charge on any atom is -0.477 e. The molecule has 3 saturated heterocycles. The van der Waals surface area contributed by atoms with Crippen LogP contribution in [0.2, 0.25) is 0 Å². The third-order valence-electron chi connectivity index (χ3n) is 5.82. The van der Waals surface area contributed by atoms with E-state index in [-0.39, 0.29) is 11.7 Å². The number of hydrogen-bond acceptors (Lipinski definition) is 6. The highest BCUT2D eigenvalue weighted by atomic mass is 32.2. The molecule has 3 aliphatic heterocycles. The van der Waals surface area contributed by atoms with Gasteiger partial charge in [-0.05, 0) is 25.3 Å². The molecule has 7 heteroatoms. The van der Waals surface area contributed by atoms with Crippen molar-refractivity contribution in [1.29, 1.82) is 0 Å². The average molecular weight is 352 g/mol. The zero-order chi connectivity index (χ0) is 16.6. The van der Waals surface area contributed by atoms with Gasteiger partial charge in [0.2, 0.25) is 5.88 Å². The number of hydrogen-bond donors (Lipinski definition) is 0. The predicted molar refractivity (Wildman–Crippen MR) is 89.8 cm³/mol. The van der Waals surface area contributed by atoms with Gasteiger partial charge < -0.3 is 9.47 Å². The Labute approximate surface area is 143 Å². The molecule has 132 valence electrons. The van der Waals surface area contributed by atoms with Crippen molar-refractivity contribution >= 4 is 9.84 Å². The van der Waals surface area contributed by atoms with Crippen molar-refractivity contribution < 1.29 is 17.9 Å². The van der Waals surface area contributed by atoms with Crippen molar-refractivity contribution in [1.82, 2.24) is 9.88 Å². The summed E-state index contributed by atoms with van der Waals surface area (Å²) in [6, 6.07) is 5.99. The van der Waals surface area contributed by atoms with Gasteiger partial charge in [-0.25, -0.2) is 13.4 Å². The zero-order valence-electron chi connectivity index (χ0n) is 13.8. The summed E-state index contributed by atoms with van der Waals surface area (Å²) in [5.41, 5.74) is 0. The molecule has 1 atom stereocenters. The molecule has 0 radical (unpaired) electrons. The summed E-state index contributed by atoms with van der Waals surface area (Å²) >= 11 is 0. The molecule has 0 aromatic carbocycles. The second-order valence-corrected chi connectivity index (χ2v) is 9.55. The number of rotatable bonds is 4. The second kappa shape index (κ2) is 6.28. The molecule has 0 N–H and O–H groups in total. The number of sulfone groups is 1. The Morgan fingerprint density at radius 1 is 1.25 bits per heavy atom. The monoisotopic (exact) mass is 352 g/mol. The molecule has 6 nitrogen and oxygen atoms in total. The van der Waals surface area contributed by atoms with E-state index >= 15 is 0 Å². The highest BCUT2D eigenvalue weighted by molar-refractivity contribution is 7.93. The summed E-state index contributed by atoms with van der Waals surface area (Å²) < 4.78 is 36.0. The van der Waals surface area contributed by atoms with E-state index in [0.717, 1.165) is 26.1 Å². The molecule has 1 spiro atoms. The standard InChI is InChI=1S/C17H24N2O4S/c20-24(21)10-6-14(11-23-16-3-1-2-7-18-16)17(24)12-19(13-17)15-4-8-22-9-5-15/h1-3,7,14-15H,4-6,8-13H2. The van der Waals surface area contributed by atoms with Gasteiger partial charge >= 0.3 is 0 Å². The Hall–Kier alpha value is -1.18.